The fourth-order valence-electron chi connectivity index (χ4n) is 3.13. The van der Waals surface area contributed by atoms with Gasteiger partial charge >= 0.3 is 0 Å². The van der Waals surface area contributed by atoms with Crippen molar-refractivity contribution in [1.82, 2.24) is 24.8 Å². The number of oxazole rings is 1. The number of hydrogen-bond donors (Lipinski definition) is 2. The van der Waals surface area contributed by atoms with E-state index in [4.69, 9.17) is 4.42 Å². The normalized spacial score (nSPS) is 12.6. The Morgan fingerprint density at radius 3 is 2.79 bits per heavy atom. The van der Waals surface area contributed by atoms with E-state index >= 15 is 0 Å². The minimum absolute atomic E-state index is 0.235. The molecule has 1 unspecified atom stereocenters. The van der Waals surface area contributed by atoms with Gasteiger partial charge in [-0.25, -0.2) is 18.7 Å². The molecule has 3 heterocycles. The summed E-state index contributed by atoms with van der Waals surface area (Å²) in [6.45, 7) is 0. The minimum atomic E-state index is -2.75. The van der Waals surface area contributed by atoms with Gasteiger partial charge in [-0.05, 0) is 17.7 Å². The zero-order chi connectivity index (χ0) is 19.8. The van der Waals surface area contributed by atoms with Crippen LogP contribution in [-0.4, -0.2) is 39.4 Å². The number of carbonyl (C=O) groups is 1. The summed E-state index contributed by atoms with van der Waals surface area (Å²) >= 11 is 0. The summed E-state index contributed by atoms with van der Waals surface area (Å²) in [7, 11) is 3.56. The number of amides is 1. The fraction of sp³-hybridized carbons (Fsp3) is 0.222. The Balaban J connectivity index is 1.86. The lowest BCUT2D eigenvalue weighted by molar-refractivity contribution is -0.111. The molecule has 4 aromatic rings. The predicted molar refractivity (Wildman–Crippen MR) is 99.0 cm³/mol. The van der Waals surface area contributed by atoms with E-state index < -0.39 is 12.5 Å². The van der Waals surface area contributed by atoms with Gasteiger partial charge in [-0.1, -0.05) is 12.1 Å². The summed E-state index contributed by atoms with van der Waals surface area (Å²) in [5, 5.41) is 5.11. The number of benzene rings is 1. The van der Waals surface area contributed by atoms with E-state index in [0.29, 0.717) is 28.1 Å². The van der Waals surface area contributed by atoms with Crippen LogP contribution < -0.4 is 10.6 Å². The average molecular weight is 386 g/mol. The van der Waals surface area contributed by atoms with Gasteiger partial charge in [0.2, 0.25) is 12.3 Å². The standard InChI is InChI=1S/C18H16F2N6O2/c1-21-16-12-14(26(2)7-22-12)13-18(25-16)28-17(24-13)10-5-3-4-9(6-10)11(15(19)20)23-8-27/h3-8,11,15H,1-2H3,(H,21,25)(H,23,27). The molecule has 0 spiro atoms. The number of aromatic nitrogens is 4. The largest absolute Gasteiger partial charge is 0.418 e. The molecule has 4 rings (SSSR count). The molecule has 0 bridgehead atoms. The fourth-order valence-corrected chi connectivity index (χ4v) is 3.13. The highest BCUT2D eigenvalue weighted by Crippen LogP contribution is 2.32. The van der Waals surface area contributed by atoms with E-state index in [-0.39, 0.29) is 17.9 Å². The monoisotopic (exact) mass is 386 g/mol. The number of alkyl halides is 2. The van der Waals surface area contributed by atoms with Crippen molar-refractivity contribution in [2.75, 3.05) is 12.4 Å². The summed E-state index contributed by atoms with van der Waals surface area (Å²) in [6.07, 6.45) is -0.844. The molecule has 0 aliphatic heterocycles. The molecule has 28 heavy (non-hydrogen) atoms. The molecule has 0 saturated heterocycles. The topological polar surface area (TPSA) is 97.9 Å². The van der Waals surface area contributed by atoms with E-state index in [2.05, 4.69) is 25.6 Å². The number of halogens is 2. The number of anilines is 1. The van der Waals surface area contributed by atoms with Crippen LogP contribution in [0.3, 0.4) is 0 Å². The zero-order valence-electron chi connectivity index (χ0n) is 15.0. The van der Waals surface area contributed by atoms with Gasteiger partial charge in [-0.2, -0.15) is 4.98 Å². The number of hydrogen-bond acceptors (Lipinski definition) is 6. The molecule has 0 aliphatic rings. The summed E-state index contributed by atoms with van der Waals surface area (Å²) in [5.74, 6) is 0.784. The highest BCUT2D eigenvalue weighted by molar-refractivity contribution is 6.03. The summed E-state index contributed by atoms with van der Waals surface area (Å²) in [6, 6.07) is 4.90. The van der Waals surface area contributed by atoms with Crippen molar-refractivity contribution < 1.29 is 18.0 Å². The summed E-state index contributed by atoms with van der Waals surface area (Å²) in [4.78, 5) is 23.9. The second-order valence-corrected chi connectivity index (χ2v) is 6.16. The number of nitrogens with one attached hydrogen (secondary N) is 2. The molecule has 8 nitrogen and oxygen atoms in total. The molecule has 0 aliphatic carbocycles. The first-order chi connectivity index (χ1) is 13.5. The van der Waals surface area contributed by atoms with Gasteiger partial charge in [0.1, 0.15) is 17.1 Å². The van der Waals surface area contributed by atoms with Gasteiger partial charge in [0.15, 0.2) is 11.3 Å². The van der Waals surface area contributed by atoms with Crippen LogP contribution in [0.25, 0.3) is 33.7 Å². The third-order valence-electron chi connectivity index (χ3n) is 4.44. The van der Waals surface area contributed by atoms with E-state index in [1.807, 2.05) is 11.6 Å². The molecular weight excluding hydrogens is 370 g/mol. The lowest BCUT2D eigenvalue weighted by atomic mass is 10.0. The third kappa shape index (κ3) is 2.82. The van der Waals surface area contributed by atoms with Crippen molar-refractivity contribution >= 4 is 34.5 Å². The van der Waals surface area contributed by atoms with Crippen LogP contribution in [-0.2, 0) is 11.8 Å². The Morgan fingerprint density at radius 2 is 2.07 bits per heavy atom. The molecule has 0 radical (unpaired) electrons. The minimum Gasteiger partial charge on any atom is -0.418 e. The molecular formula is C18H16F2N6O2. The van der Waals surface area contributed by atoms with E-state index in [0.717, 1.165) is 5.52 Å². The van der Waals surface area contributed by atoms with Gasteiger partial charge in [0.05, 0.1) is 6.33 Å². The Bertz CT molecular complexity index is 1170. The van der Waals surface area contributed by atoms with Crippen LogP contribution in [0.5, 0.6) is 0 Å². The van der Waals surface area contributed by atoms with Crippen LogP contribution in [0, 0.1) is 0 Å². The Labute approximate surface area is 157 Å². The Morgan fingerprint density at radius 1 is 1.25 bits per heavy atom. The van der Waals surface area contributed by atoms with Crippen molar-refractivity contribution in [3.05, 3.63) is 36.2 Å². The second kappa shape index (κ2) is 6.87. The Kier molecular flexibility index (Phi) is 4.38. The van der Waals surface area contributed by atoms with E-state index in [1.54, 1.807) is 25.5 Å². The highest BCUT2D eigenvalue weighted by Gasteiger charge is 2.23. The zero-order valence-corrected chi connectivity index (χ0v) is 15.0. The van der Waals surface area contributed by atoms with Crippen LogP contribution in [0.2, 0.25) is 0 Å². The molecule has 0 saturated carbocycles. The van der Waals surface area contributed by atoms with Gasteiger partial charge in [-0.15, -0.1) is 0 Å². The number of nitrogens with zero attached hydrogens (tertiary/aromatic N) is 4. The van der Waals surface area contributed by atoms with Gasteiger partial charge < -0.3 is 19.6 Å². The summed E-state index contributed by atoms with van der Waals surface area (Å²) < 4.78 is 34.1. The molecule has 3 aromatic heterocycles. The number of aryl methyl sites for hydroxylation is 1. The average Bonchev–Trinajstić information content (AvgIpc) is 3.28. The lowest BCUT2D eigenvalue weighted by Gasteiger charge is -2.15. The van der Waals surface area contributed by atoms with Crippen molar-refractivity contribution in [2.45, 2.75) is 12.5 Å². The van der Waals surface area contributed by atoms with Crippen molar-refractivity contribution in [2.24, 2.45) is 7.05 Å². The quantitative estimate of drug-likeness (QED) is 0.495. The van der Waals surface area contributed by atoms with Crippen molar-refractivity contribution in [1.29, 1.82) is 0 Å². The molecule has 1 aromatic carbocycles. The third-order valence-corrected chi connectivity index (χ3v) is 4.44. The smallest absolute Gasteiger partial charge is 0.262 e. The highest BCUT2D eigenvalue weighted by atomic mass is 19.3. The van der Waals surface area contributed by atoms with Crippen LogP contribution in [0.15, 0.2) is 35.0 Å². The summed E-state index contributed by atoms with van der Waals surface area (Å²) in [5.41, 5.74) is 2.96. The van der Waals surface area contributed by atoms with Crippen LogP contribution in [0.4, 0.5) is 14.6 Å². The number of fused-ring (bicyclic) bond motifs is 3. The molecule has 1 amide bonds. The maximum absolute atomic E-state index is 13.3. The number of carbonyl (C=O) groups excluding carboxylic acids is 1. The number of pyridine rings is 1. The first kappa shape index (κ1) is 17.8. The van der Waals surface area contributed by atoms with E-state index in [9.17, 15) is 13.6 Å². The van der Waals surface area contributed by atoms with Gasteiger partial charge in [0, 0.05) is 19.7 Å². The van der Waals surface area contributed by atoms with Crippen molar-refractivity contribution in [3.8, 4) is 11.5 Å². The van der Waals surface area contributed by atoms with Gasteiger partial charge in [-0.3, -0.25) is 4.79 Å². The number of imidazole rings is 1. The Hall–Kier alpha value is -3.56. The molecule has 144 valence electrons. The van der Waals surface area contributed by atoms with Crippen LogP contribution >= 0.6 is 0 Å². The first-order valence-electron chi connectivity index (χ1n) is 8.41. The molecule has 2 N–H and O–H groups in total. The lowest BCUT2D eigenvalue weighted by Crippen LogP contribution is -2.25. The molecule has 10 heteroatoms. The van der Waals surface area contributed by atoms with Crippen molar-refractivity contribution in [3.63, 3.8) is 0 Å². The molecule has 0 fully saturated rings. The predicted octanol–water partition coefficient (Wildman–Crippen LogP) is 2.87. The molecule has 1 atom stereocenters. The maximum atomic E-state index is 13.3. The van der Waals surface area contributed by atoms with Gasteiger partial charge in [0.25, 0.3) is 12.1 Å². The van der Waals surface area contributed by atoms with Crippen LogP contribution in [0.1, 0.15) is 11.6 Å². The van der Waals surface area contributed by atoms with E-state index in [1.165, 1.54) is 12.1 Å². The number of rotatable bonds is 6. The maximum Gasteiger partial charge on any atom is 0.262 e. The first-order valence-corrected chi connectivity index (χ1v) is 8.41. The second-order valence-electron chi connectivity index (χ2n) is 6.16. The SMILES string of the molecule is CNc1nc2oc(-c3cccc(C(NC=O)C(F)F)c3)nc2c2c1ncn2C.